The van der Waals surface area contributed by atoms with Crippen molar-refractivity contribution in [1.82, 2.24) is 0 Å². The van der Waals surface area contributed by atoms with Crippen molar-refractivity contribution in [3.05, 3.63) is 0 Å². The lowest BCUT2D eigenvalue weighted by Gasteiger charge is -2.16. The third-order valence-electron chi connectivity index (χ3n) is 7.14. The molecule has 0 amide bonds. The minimum absolute atomic E-state index is 0. The van der Waals surface area contributed by atoms with Crippen molar-refractivity contribution in [2.75, 3.05) is 13.2 Å². The molecular weight excluding hydrogens is 438 g/mol. The molecule has 0 aliphatic heterocycles. The first-order valence-corrected chi connectivity index (χ1v) is 15.8. The first-order chi connectivity index (χ1) is 16.3. The van der Waals surface area contributed by atoms with E-state index >= 15 is 0 Å². The molecule has 0 saturated heterocycles. The van der Waals surface area contributed by atoms with Gasteiger partial charge in [-0.05, 0) is 25.7 Å². The third kappa shape index (κ3) is 30.2. The Kier molecular flexibility index (Phi) is 35.5. The fraction of sp³-hybridized carbons (Fsp3) is 1.00. The lowest BCUT2D eigenvalue weighted by molar-refractivity contribution is -0.727. The van der Waals surface area contributed by atoms with Crippen molar-refractivity contribution < 1.29 is 22.5 Å². The van der Waals surface area contributed by atoms with Crippen LogP contribution in [0.1, 0.15) is 181 Å². The van der Waals surface area contributed by atoms with Crippen molar-refractivity contribution in [2.24, 2.45) is 0 Å². The summed E-state index contributed by atoms with van der Waals surface area (Å²) in [4.78, 5) is 0. The monoisotopic (exact) mass is 503 g/mol. The van der Waals surface area contributed by atoms with E-state index in [1.807, 2.05) is 0 Å². The second kappa shape index (κ2) is 33.2. The first-order valence-electron chi connectivity index (χ1n) is 15.8. The Balaban J connectivity index is 0. The Hall–Kier alpha value is 0.210. The molecule has 1 atom stereocenters. The Morgan fingerprint density at radius 2 is 0.794 bits per heavy atom. The number of ether oxygens (including phenoxy) is 1. The number of rotatable bonds is 29. The zero-order chi connectivity index (χ0) is 24.1. The summed E-state index contributed by atoms with van der Waals surface area (Å²) in [5, 5.41) is 2.48. The Morgan fingerprint density at radius 3 is 1.18 bits per heavy atom. The molecule has 208 valence electrons. The largest absolute Gasteiger partial charge is 1.00 e. The first kappa shape index (κ1) is 36.4. The lowest BCUT2D eigenvalue weighted by atomic mass is 10.0. The number of hydrogen-bond donors (Lipinski definition) is 1. The Labute approximate surface area is 223 Å². The van der Waals surface area contributed by atoms with E-state index in [1.54, 1.807) is 0 Å². The molecule has 0 aliphatic carbocycles. The van der Waals surface area contributed by atoms with Crippen LogP contribution >= 0.6 is 0 Å². The average Bonchev–Trinajstić information content (AvgIpc) is 2.82. The van der Waals surface area contributed by atoms with Crippen LogP contribution in [-0.2, 0) is 4.74 Å². The predicted octanol–water partition coefficient (Wildman–Crippen LogP) is 6.71. The minimum Gasteiger partial charge on any atom is -1.00 e. The maximum absolute atomic E-state index is 6.22. The van der Waals surface area contributed by atoms with Crippen LogP contribution in [0.2, 0.25) is 0 Å². The van der Waals surface area contributed by atoms with Gasteiger partial charge in [-0.3, -0.25) is 0 Å². The van der Waals surface area contributed by atoms with E-state index in [0.29, 0.717) is 6.23 Å². The molecule has 0 fully saturated rings. The molecule has 1 unspecified atom stereocenters. The second-order valence-electron chi connectivity index (χ2n) is 10.6. The van der Waals surface area contributed by atoms with Gasteiger partial charge < -0.3 is 22.5 Å². The number of unbranched alkanes of at least 4 members (excludes halogenated alkanes) is 21. The molecule has 0 rings (SSSR count). The second-order valence-corrected chi connectivity index (χ2v) is 10.6. The minimum atomic E-state index is 0. The van der Waals surface area contributed by atoms with Crippen molar-refractivity contribution in [2.45, 2.75) is 188 Å². The van der Waals surface area contributed by atoms with Crippen LogP contribution < -0.4 is 17.7 Å². The third-order valence-corrected chi connectivity index (χ3v) is 7.14. The zero-order valence-corrected chi connectivity index (χ0v) is 24.8. The highest BCUT2D eigenvalue weighted by Gasteiger charge is 2.10. The van der Waals surface area contributed by atoms with Gasteiger partial charge >= 0.3 is 0 Å². The molecular formula is C31H66ClNO. The molecule has 0 heterocycles. The lowest BCUT2D eigenvalue weighted by Crippen LogP contribution is -3.00. The topological polar surface area (TPSA) is 25.8 Å². The highest BCUT2D eigenvalue weighted by Crippen LogP contribution is 2.13. The molecule has 2 nitrogen and oxygen atoms in total. The van der Waals surface area contributed by atoms with E-state index in [4.69, 9.17) is 4.74 Å². The molecule has 0 aromatic carbocycles. The fourth-order valence-electron chi connectivity index (χ4n) is 4.84. The van der Waals surface area contributed by atoms with Crippen molar-refractivity contribution in [3.8, 4) is 0 Å². The van der Waals surface area contributed by atoms with Gasteiger partial charge in [-0.1, -0.05) is 149 Å². The number of quaternary nitrogens is 1. The van der Waals surface area contributed by atoms with Crippen molar-refractivity contribution >= 4 is 0 Å². The number of nitrogens with two attached hydrogens (primary N) is 1. The summed E-state index contributed by atoms with van der Waals surface area (Å²) >= 11 is 0. The summed E-state index contributed by atoms with van der Waals surface area (Å²) in [7, 11) is 0. The van der Waals surface area contributed by atoms with E-state index in [2.05, 4.69) is 26.1 Å². The molecule has 0 bridgehead atoms. The van der Waals surface area contributed by atoms with Crippen LogP contribution in [0.3, 0.4) is 0 Å². The molecule has 0 spiro atoms. The normalized spacial score (nSPS) is 12.1. The van der Waals surface area contributed by atoms with Gasteiger partial charge in [0.2, 0.25) is 0 Å². The van der Waals surface area contributed by atoms with Crippen LogP contribution in [0.4, 0.5) is 0 Å². The summed E-state index contributed by atoms with van der Waals surface area (Å²) < 4.78 is 6.22. The molecule has 0 aromatic heterocycles. The van der Waals surface area contributed by atoms with Gasteiger partial charge in [0.1, 0.15) is 0 Å². The molecule has 34 heavy (non-hydrogen) atoms. The highest BCUT2D eigenvalue weighted by atomic mass is 35.5. The summed E-state index contributed by atoms with van der Waals surface area (Å²) in [6, 6.07) is 0. The molecule has 0 aliphatic rings. The summed E-state index contributed by atoms with van der Waals surface area (Å²) in [6.45, 7) is 9.10. The predicted molar refractivity (Wildman–Crippen MR) is 149 cm³/mol. The smallest absolute Gasteiger partial charge is 0.190 e. The van der Waals surface area contributed by atoms with Crippen LogP contribution in [0.15, 0.2) is 0 Å². The van der Waals surface area contributed by atoms with E-state index in [-0.39, 0.29) is 12.4 Å². The van der Waals surface area contributed by atoms with E-state index in [1.165, 1.54) is 167 Å². The van der Waals surface area contributed by atoms with Gasteiger partial charge in [-0.2, -0.15) is 0 Å². The van der Waals surface area contributed by atoms with Crippen LogP contribution in [0, 0.1) is 0 Å². The molecule has 0 aromatic rings. The van der Waals surface area contributed by atoms with E-state index < -0.39 is 0 Å². The van der Waals surface area contributed by atoms with Gasteiger partial charge in [-0.15, -0.1) is 0 Å². The van der Waals surface area contributed by atoms with Gasteiger partial charge in [0.15, 0.2) is 6.23 Å². The summed E-state index contributed by atoms with van der Waals surface area (Å²) in [5.74, 6) is 0. The fourth-order valence-corrected chi connectivity index (χ4v) is 4.84. The average molecular weight is 504 g/mol. The van der Waals surface area contributed by atoms with Gasteiger partial charge in [0.25, 0.3) is 0 Å². The quantitative estimate of drug-likeness (QED) is 0.0890. The van der Waals surface area contributed by atoms with Crippen LogP contribution in [0.25, 0.3) is 0 Å². The van der Waals surface area contributed by atoms with E-state index in [9.17, 15) is 0 Å². The standard InChI is InChI=1S/C31H65NO.ClH/c1-4-7-9-11-13-15-17-18-19-21-23-25-27-30-33-31(28-6-3)32-29-26-24-22-20-16-14-12-10-8-5-2;/h31-32H,4-30H2,1-3H3;1H. The zero-order valence-electron chi connectivity index (χ0n) is 24.0. The van der Waals surface area contributed by atoms with Gasteiger partial charge in [0, 0.05) is 6.42 Å². The van der Waals surface area contributed by atoms with Crippen molar-refractivity contribution in [3.63, 3.8) is 0 Å². The number of halogens is 1. The molecule has 3 heteroatoms. The molecule has 2 N–H and O–H groups in total. The summed E-state index contributed by atoms with van der Waals surface area (Å²) in [5.41, 5.74) is 0. The number of hydrogen-bond acceptors (Lipinski definition) is 1. The maximum atomic E-state index is 6.22. The van der Waals surface area contributed by atoms with Gasteiger partial charge in [0.05, 0.1) is 13.2 Å². The van der Waals surface area contributed by atoms with Crippen LogP contribution in [0.5, 0.6) is 0 Å². The van der Waals surface area contributed by atoms with E-state index in [0.717, 1.165) is 6.61 Å². The SMILES string of the molecule is CCCCCCCCCCCCCCCOC(CCC)[NH2+]CCCCCCCCCCCC.[Cl-]. The Bertz CT molecular complexity index is 339. The van der Waals surface area contributed by atoms with Gasteiger partial charge in [-0.25, -0.2) is 0 Å². The highest BCUT2D eigenvalue weighted by molar-refractivity contribution is 4.50. The van der Waals surface area contributed by atoms with Crippen molar-refractivity contribution in [1.29, 1.82) is 0 Å². The summed E-state index contributed by atoms with van der Waals surface area (Å²) in [6.07, 6.45) is 35.5. The van der Waals surface area contributed by atoms with Crippen LogP contribution in [-0.4, -0.2) is 19.4 Å². The molecule has 0 radical (unpaired) electrons. The molecule has 0 saturated carbocycles. The maximum Gasteiger partial charge on any atom is 0.190 e. The Morgan fingerprint density at radius 1 is 0.441 bits per heavy atom.